The summed E-state index contributed by atoms with van der Waals surface area (Å²) in [6.07, 6.45) is 0. The van der Waals surface area contributed by atoms with Crippen LogP contribution in [0.5, 0.6) is 5.75 Å². The third kappa shape index (κ3) is 3.47. The number of hydrogen-bond acceptors (Lipinski definition) is 3. The highest BCUT2D eigenvalue weighted by molar-refractivity contribution is 5.97. The second kappa shape index (κ2) is 5.61. The second-order valence-electron chi connectivity index (χ2n) is 5.60. The minimum atomic E-state index is -0.967. The van der Waals surface area contributed by atoms with Crippen molar-refractivity contribution >= 4 is 5.91 Å². The third-order valence-corrected chi connectivity index (χ3v) is 3.80. The number of nitrogens with one attached hydrogen (secondary N) is 1. The molecule has 0 aliphatic heterocycles. The molecule has 0 aliphatic carbocycles. The van der Waals surface area contributed by atoms with Crippen LogP contribution in [0.15, 0.2) is 12.1 Å². The van der Waals surface area contributed by atoms with Crippen molar-refractivity contribution in [1.29, 1.82) is 0 Å². The molecule has 0 fully saturated rings. The number of hydrogen-bond donors (Lipinski definition) is 3. The van der Waals surface area contributed by atoms with E-state index in [9.17, 15) is 15.0 Å². The summed E-state index contributed by atoms with van der Waals surface area (Å²) in [7, 11) is 0. The van der Waals surface area contributed by atoms with Crippen LogP contribution in [0.1, 0.15) is 42.3 Å². The summed E-state index contributed by atoms with van der Waals surface area (Å²) in [6.45, 7) is 9.25. The van der Waals surface area contributed by atoms with Gasteiger partial charge in [0.25, 0.3) is 5.91 Å². The molecule has 1 aromatic rings. The Hall–Kier alpha value is -1.55. The van der Waals surface area contributed by atoms with Gasteiger partial charge in [0.1, 0.15) is 5.75 Å². The number of aliphatic hydroxyl groups is 1. The Kier molecular flexibility index (Phi) is 4.58. The fourth-order valence-corrected chi connectivity index (χ4v) is 1.54. The lowest BCUT2D eigenvalue weighted by molar-refractivity contribution is 0.0142. The van der Waals surface area contributed by atoms with Gasteiger partial charge in [0.05, 0.1) is 11.2 Å². The second-order valence-corrected chi connectivity index (χ2v) is 5.60. The summed E-state index contributed by atoms with van der Waals surface area (Å²) in [6, 6.07) is 3.39. The van der Waals surface area contributed by atoms with Gasteiger partial charge in [-0.15, -0.1) is 0 Å². The molecule has 4 nitrogen and oxygen atoms in total. The van der Waals surface area contributed by atoms with E-state index in [0.717, 1.165) is 5.56 Å². The van der Waals surface area contributed by atoms with Crippen LogP contribution in [0.4, 0.5) is 0 Å². The zero-order valence-corrected chi connectivity index (χ0v) is 12.2. The van der Waals surface area contributed by atoms with E-state index in [1.54, 1.807) is 26.0 Å². The first-order valence-electron chi connectivity index (χ1n) is 6.46. The Balaban J connectivity index is 2.83. The molecule has 1 amide bonds. The van der Waals surface area contributed by atoms with Gasteiger partial charge < -0.3 is 15.5 Å². The molecule has 0 saturated carbocycles. The summed E-state index contributed by atoms with van der Waals surface area (Å²) >= 11 is 0. The van der Waals surface area contributed by atoms with Gasteiger partial charge in [-0.25, -0.2) is 0 Å². The van der Waals surface area contributed by atoms with E-state index in [1.807, 2.05) is 20.8 Å². The summed E-state index contributed by atoms with van der Waals surface area (Å²) in [5.41, 5.74) is 0.902. The number of phenols is 1. The highest BCUT2D eigenvalue weighted by Crippen LogP contribution is 2.25. The number of rotatable bonds is 4. The van der Waals surface area contributed by atoms with Crippen molar-refractivity contribution in [3.05, 3.63) is 28.8 Å². The van der Waals surface area contributed by atoms with E-state index < -0.39 is 5.60 Å². The van der Waals surface area contributed by atoms with E-state index in [-0.39, 0.29) is 29.7 Å². The number of phenolic OH excluding ortho intramolecular Hbond substituents is 1. The van der Waals surface area contributed by atoms with Crippen LogP contribution in [-0.2, 0) is 0 Å². The Morgan fingerprint density at radius 2 is 1.95 bits per heavy atom. The highest BCUT2D eigenvalue weighted by Gasteiger charge is 2.26. The zero-order valence-electron chi connectivity index (χ0n) is 12.2. The summed E-state index contributed by atoms with van der Waals surface area (Å²) in [4.78, 5) is 12.0. The van der Waals surface area contributed by atoms with Crippen LogP contribution in [0.25, 0.3) is 0 Å². The molecule has 106 valence electrons. The molecular weight excluding hydrogens is 242 g/mol. The van der Waals surface area contributed by atoms with Crippen LogP contribution in [-0.4, -0.2) is 28.3 Å². The molecule has 0 bridgehead atoms. The smallest absolute Gasteiger partial charge is 0.255 e. The normalized spacial score (nSPS) is 14.3. The van der Waals surface area contributed by atoms with Crippen LogP contribution < -0.4 is 5.32 Å². The van der Waals surface area contributed by atoms with Gasteiger partial charge in [0.15, 0.2) is 0 Å². The van der Waals surface area contributed by atoms with E-state index in [1.165, 1.54) is 0 Å². The topological polar surface area (TPSA) is 69.6 Å². The lowest BCUT2D eigenvalue weighted by atomic mass is 9.92. The van der Waals surface area contributed by atoms with Crippen LogP contribution >= 0.6 is 0 Å². The largest absolute Gasteiger partial charge is 0.507 e. The molecule has 1 aromatic carbocycles. The maximum atomic E-state index is 12.0. The van der Waals surface area contributed by atoms with Gasteiger partial charge in [0, 0.05) is 6.54 Å². The molecule has 4 heteroatoms. The van der Waals surface area contributed by atoms with Crippen molar-refractivity contribution in [2.45, 2.75) is 40.2 Å². The SMILES string of the molecule is Cc1ccc(C(=O)NCC(C)(O)C(C)C)c(O)c1C. The van der Waals surface area contributed by atoms with Gasteiger partial charge in [-0.1, -0.05) is 19.9 Å². The van der Waals surface area contributed by atoms with Gasteiger partial charge in [-0.05, 0) is 43.9 Å². The average molecular weight is 265 g/mol. The first-order valence-corrected chi connectivity index (χ1v) is 6.46. The lowest BCUT2D eigenvalue weighted by Crippen LogP contribution is -2.44. The number of carbonyl (C=O) groups excluding carboxylic acids is 1. The van der Waals surface area contributed by atoms with Crippen molar-refractivity contribution < 1.29 is 15.0 Å². The molecule has 0 radical (unpaired) electrons. The molecule has 0 saturated heterocycles. The van der Waals surface area contributed by atoms with Crippen molar-refractivity contribution in [3.63, 3.8) is 0 Å². The van der Waals surface area contributed by atoms with E-state index in [0.29, 0.717) is 5.56 Å². The fraction of sp³-hybridized carbons (Fsp3) is 0.533. The van der Waals surface area contributed by atoms with Gasteiger partial charge in [-0.3, -0.25) is 4.79 Å². The molecule has 0 aliphatic rings. The Bertz CT molecular complexity index is 479. The Morgan fingerprint density at radius 3 is 2.47 bits per heavy atom. The predicted molar refractivity (Wildman–Crippen MR) is 75.4 cm³/mol. The van der Waals surface area contributed by atoms with Gasteiger partial charge >= 0.3 is 0 Å². The number of amides is 1. The quantitative estimate of drug-likeness (QED) is 0.781. The van der Waals surface area contributed by atoms with Crippen molar-refractivity contribution in [1.82, 2.24) is 5.32 Å². The maximum absolute atomic E-state index is 12.0. The van der Waals surface area contributed by atoms with Gasteiger partial charge in [-0.2, -0.15) is 0 Å². The number of carbonyl (C=O) groups is 1. The average Bonchev–Trinajstić information content (AvgIpc) is 2.33. The van der Waals surface area contributed by atoms with Crippen LogP contribution in [0.2, 0.25) is 0 Å². The third-order valence-electron chi connectivity index (χ3n) is 3.80. The molecule has 1 unspecified atom stereocenters. The predicted octanol–water partition coefficient (Wildman–Crippen LogP) is 2.15. The minimum Gasteiger partial charge on any atom is -0.507 e. The number of benzene rings is 1. The molecular formula is C15H23NO3. The standard InChI is InChI=1S/C15H23NO3/c1-9(2)15(5,19)8-16-14(18)12-7-6-10(3)11(4)13(12)17/h6-7,9,17,19H,8H2,1-5H3,(H,16,18). The summed E-state index contributed by atoms with van der Waals surface area (Å²) in [5, 5.41) is 22.7. The molecule has 1 rings (SSSR count). The lowest BCUT2D eigenvalue weighted by Gasteiger charge is -2.27. The Labute approximate surface area is 114 Å². The van der Waals surface area contributed by atoms with Crippen molar-refractivity contribution in [3.8, 4) is 5.75 Å². The van der Waals surface area contributed by atoms with Crippen molar-refractivity contribution in [2.75, 3.05) is 6.54 Å². The number of aromatic hydroxyl groups is 1. The zero-order chi connectivity index (χ0) is 14.8. The number of aryl methyl sites for hydroxylation is 1. The molecule has 0 heterocycles. The molecule has 1 atom stereocenters. The maximum Gasteiger partial charge on any atom is 0.255 e. The van der Waals surface area contributed by atoms with E-state index in [2.05, 4.69) is 5.32 Å². The molecule has 3 N–H and O–H groups in total. The monoisotopic (exact) mass is 265 g/mol. The fourth-order valence-electron chi connectivity index (χ4n) is 1.54. The molecule has 0 aromatic heterocycles. The van der Waals surface area contributed by atoms with Crippen molar-refractivity contribution in [2.24, 2.45) is 5.92 Å². The van der Waals surface area contributed by atoms with Crippen LogP contribution in [0.3, 0.4) is 0 Å². The minimum absolute atomic E-state index is 0.00156. The molecule has 19 heavy (non-hydrogen) atoms. The highest BCUT2D eigenvalue weighted by atomic mass is 16.3. The van der Waals surface area contributed by atoms with Crippen LogP contribution in [0, 0.1) is 19.8 Å². The molecule has 0 spiro atoms. The first kappa shape index (κ1) is 15.5. The summed E-state index contributed by atoms with van der Waals surface area (Å²) < 4.78 is 0. The Morgan fingerprint density at radius 1 is 1.37 bits per heavy atom. The van der Waals surface area contributed by atoms with Gasteiger partial charge in [0.2, 0.25) is 0 Å². The summed E-state index contributed by atoms with van der Waals surface area (Å²) in [5.74, 6) is -0.343. The van der Waals surface area contributed by atoms with E-state index >= 15 is 0 Å². The first-order chi connectivity index (χ1) is 8.66. The van der Waals surface area contributed by atoms with E-state index in [4.69, 9.17) is 0 Å².